The molecule has 25 heavy (non-hydrogen) atoms. The van der Waals surface area contributed by atoms with Crippen molar-refractivity contribution in [3.05, 3.63) is 69.7 Å². The Morgan fingerprint density at radius 3 is 2.36 bits per heavy atom. The van der Waals surface area contributed by atoms with Gasteiger partial charge in [-0.15, -0.1) is 22.7 Å². The van der Waals surface area contributed by atoms with Gasteiger partial charge in [-0.1, -0.05) is 12.1 Å². The third-order valence-corrected chi connectivity index (χ3v) is 6.65. The van der Waals surface area contributed by atoms with E-state index in [2.05, 4.69) is 15.2 Å². The molecule has 0 bridgehead atoms. The Labute approximate surface area is 152 Å². The van der Waals surface area contributed by atoms with Crippen LogP contribution >= 0.6 is 22.7 Å². The first-order valence-corrected chi connectivity index (χ1v) is 10.3. The van der Waals surface area contributed by atoms with E-state index in [-0.39, 0.29) is 10.1 Å². The van der Waals surface area contributed by atoms with Gasteiger partial charge in [0.15, 0.2) is 0 Å². The minimum absolute atomic E-state index is 0.234. The van der Waals surface area contributed by atoms with Gasteiger partial charge in [-0.05, 0) is 47.2 Å². The summed E-state index contributed by atoms with van der Waals surface area (Å²) in [4.78, 5) is 12.9. The lowest BCUT2D eigenvalue weighted by atomic mass is 10.2. The first-order chi connectivity index (χ1) is 12.0. The number of amides is 1. The Balaban J connectivity index is 1.63. The van der Waals surface area contributed by atoms with Gasteiger partial charge in [0.2, 0.25) is 0 Å². The van der Waals surface area contributed by atoms with Crippen molar-refractivity contribution >= 4 is 50.5 Å². The first-order valence-electron chi connectivity index (χ1n) is 7.08. The summed E-state index contributed by atoms with van der Waals surface area (Å²) in [5.74, 6) is -0.375. The molecule has 2 heterocycles. The summed E-state index contributed by atoms with van der Waals surface area (Å²) in [6.07, 6.45) is 1.56. The van der Waals surface area contributed by atoms with Crippen LogP contribution < -0.4 is 10.1 Å². The molecule has 0 unspecified atom stereocenters. The number of rotatable bonds is 6. The molecule has 128 valence electrons. The summed E-state index contributed by atoms with van der Waals surface area (Å²) in [6.45, 7) is 0. The monoisotopic (exact) mass is 391 g/mol. The van der Waals surface area contributed by atoms with Gasteiger partial charge in [-0.25, -0.2) is 13.8 Å². The molecule has 0 spiro atoms. The molecule has 6 nitrogen and oxygen atoms in total. The molecule has 2 N–H and O–H groups in total. The van der Waals surface area contributed by atoms with E-state index >= 15 is 0 Å². The molecule has 3 rings (SSSR count). The van der Waals surface area contributed by atoms with Crippen LogP contribution in [0.15, 0.2) is 68.6 Å². The second-order valence-corrected chi connectivity index (χ2v) is 8.67. The number of nitrogens with one attached hydrogen (secondary N) is 2. The molecule has 0 aliphatic heterocycles. The Morgan fingerprint density at radius 2 is 1.72 bits per heavy atom. The highest BCUT2D eigenvalue weighted by Gasteiger charge is 2.15. The van der Waals surface area contributed by atoms with E-state index in [0.29, 0.717) is 11.3 Å². The largest absolute Gasteiger partial charge is 0.279 e. The van der Waals surface area contributed by atoms with Crippen molar-refractivity contribution in [2.24, 2.45) is 5.10 Å². The van der Waals surface area contributed by atoms with Crippen LogP contribution in [0.4, 0.5) is 5.69 Å². The van der Waals surface area contributed by atoms with Crippen LogP contribution in [-0.4, -0.2) is 20.5 Å². The summed E-state index contributed by atoms with van der Waals surface area (Å²) in [6, 6.07) is 13.1. The predicted octanol–water partition coefficient (Wildman–Crippen LogP) is 3.37. The molecule has 1 aromatic carbocycles. The number of benzene rings is 1. The summed E-state index contributed by atoms with van der Waals surface area (Å²) in [7, 11) is -3.60. The summed E-state index contributed by atoms with van der Waals surface area (Å²) in [5, 5.41) is 7.49. The standard InChI is InChI=1S/C16H13N3O3S3/c20-16(18-17-11-14-3-1-9-23-14)12-5-7-13(8-6-12)19-25(21,22)15-4-2-10-24-15/h1-11,19H,(H,18,20)/b17-11+. The zero-order valence-corrected chi connectivity index (χ0v) is 15.2. The van der Waals surface area contributed by atoms with E-state index in [1.807, 2.05) is 17.5 Å². The smallest absolute Gasteiger partial charge is 0.271 e. The molecule has 0 aliphatic rings. The number of nitrogens with zero attached hydrogens (tertiary/aromatic N) is 1. The van der Waals surface area contributed by atoms with Gasteiger partial charge in [-0.3, -0.25) is 9.52 Å². The van der Waals surface area contributed by atoms with Crippen LogP contribution in [0.2, 0.25) is 0 Å². The second-order valence-electron chi connectivity index (χ2n) is 4.83. The van der Waals surface area contributed by atoms with Gasteiger partial charge >= 0.3 is 0 Å². The third-order valence-electron chi connectivity index (χ3n) is 3.06. The number of hydrogen-bond acceptors (Lipinski definition) is 6. The number of carbonyl (C=O) groups excluding carboxylic acids is 1. The molecule has 2 aromatic heterocycles. The first kappa shape index (κ1) is 17.3. The minimum atomic E-state index is -3.60. The highest BCUT2D eigenvalue weighted by molar-refractivity contribution is 7.94. The third kappa shape index (κ3) is 4.53. The molecule has 1 amide bonds. The Hall–Kier alpha value is -2.49. The van der Waals surface area contributed by atoms with Gasteiger partial charge in [0.05, 0.1) is 6.21 Å². The summed E-state index contributed by atoms with van der Waals surface area (Å²) < 4.78 is 27.0. The van der Waals surface area contributed by atoms with Crippen molar-refractivity contribution in [1.82, 2.24) is 5.43 Å². The molecule has 0 saturated carbocycles. The number of hydrazone groups is 1. The fraction of sp³-hybridized carbons (Fsp3) is 0. The number of anilines is 1. The fourth-order valence-corrected chi connectivity index (χ4v) is 4.53. The zero-order valence-electron chi connectivity index (χ0n) is 12.7. The number of sulfonamides is 1. The van der Waals surface area contributed by atoms with Crippen molar-refractivity contribution in [1.29, 1.82) is 0 Å². The second kappa shape index (κ2) is 7.60. The van der Waals surface area contributed by atoms with E-state index in [1.165, 1.54) is 41.7 Å². The lowest BCUT2D eigenvalue weighted by molar-refractivity contribution is 0.0955. The zero-order chi connectivity index (χ0) is 17.7. The molecule has 3 aromatic rings. The molecular formula is C16H13N3O3S3. The van der Waals surface area contributed by atoms with Crippen molar-refractivity contribution in [2.75, 3.05) is 4.72 Å². The Morgan fingerprint density at radius 1 is 1.00 bits per heavy atom. The maximum atomic E-state index is 12.1. The van der Waals surface area contributed by atoms with E-state index in [1.54, 1.807) is 17.7 Å². The van der Waals surface area contributed by atoms with Crippen molar-refractivity contribution in [3.63, 3.8) is 0 Å². The van der Waals surface area contributed by atoms with Gasteiger partial charge in [0, 0.05) is 16.1 Å². The molecule has 9 heteroatoms. The Kier molecular flexibility index (Phi) is 5.27. The van der Waals surface area contributed by atoms with E-state index in [9.17, 15) is 13.2 Å². The van der Waals surface area contributed by atoms with Gasteiger partial charge in [0.25, 0.3) is 15.9 Å². The highest BCUT2D eigenvalue weighted by atomic mass is 32.2. The average Bonchev–Trinajstić information content (AvgIpc) is 3.29. The maximum Gasteiger partial charge on any atom is 0.271 e. The lowest BCUT2D eigenvalue weighted by Crippen LogP contribution is -2.17. The average molecular weight is 391 g/mol. The predicted molar refractivity (Wildman–Crippen MR) is 101 cm³/mol. The lowest BCUT2D eigenvalue weighted by Gasteiger charge is -2.07. The number of hydrogen-bond donors (Lipinski definition) is 2. The van der Waals surface area contributed by atoms with E-state index in [0.717, 1.165) is 16.2 Å². The summed E-state index contributed by atoms with van der Waals surface area (Å²) >= 11 is 2.65. The Bertz CT molecular complexity index is 962. The normalized spacial score (nSPS) is 11.5. The van der Waals surface area contributed by atoms with Crippen LogP contribution in [0.3, 0.4) is 0 Å². The molecule has 0 aliphatic carbocycles. The molecular weight excluding hydrogens is 378 g/mol. The van der Waals surface area contributed by atoms with Crippen LogP contribution in [0.5, 0.6) is 0 Å². The topological polar surface area (TPSA) is 87.6 Å². The molecule has 0 atom stereocenters. The number of carbonyl (C=O) groups is 1. The van der Waals surface area contributed by atoms with Crippen molar-refractivity contribution < 1.29 is 13.2 Å². The highest BCUT2D eigenvalue weighted by Crippen LogP contribution is 2.20. The molecule has 0 fully saturated rings. The quantitative estimate of drug-likeness (QED) is 0.499. The van der Waals surface area contributed by atoms with Crippen molar-refractivity contribution in [2.45, 2.75) is 4.21 Å². The minimum Gasteiger partial charge on any atom is -0.279 e. The molecule has 0 radical (unpaired) electrons. The van der Waals surface area contributed by atoms with E-state index in [4.69, 9.17) is 0 Å². The van der Waals surface area contributed by atoms with Crippen LogP contribution in [0.25, 0.3) is 0 Å². The van der Waals surface area contributed by atoms with E-state index < -0.39 is 10.0 Å². The van der Waals surface area contributed by atoms with Gasteiger partial charge < -0.3 is 0 Å². The maximum absolute atomic E-state index is 12.1. The summed E-state index contributed by atoms with van der Waals surface area (Å²) in [5.41, 5.74) is 3.19. The van der Waals surface area contributed by atoms with Gasteiger partial charge in [-0.2, -0.15) is 5.10 Å². The van der Waals surface area contributed by atoms with Crippen LogP contribution in [0, 0.1) is 0 Å². The SMILES string of the molecule is O=C(N/N=C/c1cccs1)c1ccc(NS(=O)(=O)c2cccs2)cc1. The number of thiophene rings is 2. The van der Waals surface area contributed by atoms with Crippen molar-refractivity contribution in [3.8, 4) is 0 Å². The van der Waals surface area contributed by atoms with Gasteiger partial charge in [0.1, 0.15) is 4.21 Å². The molecule has 0 saturated heterocycles. The van der Waals surface area contributed by atoms with Crippen LogP contribution in [-0.2, 0) is 10.0 Å². The van der Waals surface area contributed by atoms with Crippen LogP contribution in [0.1, 0.15) is 15.2 Å². The fourth-order valence-electron chi connectivity index (χ4n) is 1.90.